The topological polar surface area (TPSA) is 61.0 Å². The van der Waals surface area contributed by atoms with Crippen LogP contribution in [0.3, 0.4) is 0 Å². The smallest absolute Gasteiger partial charge is 0.222 e. The number of para-hydroxylation sites is 2. The molecule has 5 heteroatoms. The van der Waals surface area contributed by atoms with Crippen molar-refractivity contribution >= 4 is 22.9 Å². The van der Waals surface area contributed by atoms with E-state index < -0.39 is 0 Å². The molecule has 0 spiro atoms. The minimum atomic E-state index is 0.0339. The average Bonchev–Trinajstić information content (AvgIpc) is 2.91. The number of carbonyl (C=O) groups excluding carboxylic acids is 1. The van der Waals surface area contributed by atoms with Crippen molar-refractivity contribution in [3.8, 4) is 0 Å². The Kier molecular flexibility index (Phi) is 3.82. The maximum absolute atomic E-state index is 11.8. The first-order valence-electron chi connectivity index (χ1n) is 7.63. The fourth-order valence-corrected chi connectivity index (χ4v) is 2.74. The third-order valence-electron chi connectivity index (χ3n) is 3.97. The van der Waals surface area contributed by atoms with Gasteiger partial charge in [-0.1, -0.05) is 26.0 Å². The van der Waals surface area contributed by atoms with E-state index in [-0.39, 0.29) is 17.9 Å². The summed E-state index contributed by atoms with van der Waals surface area (Å²) in [7, 11) is 0. The SMILES string of the molecule is CC(C)C(=O)NC1CCCN(c2nc3ccccc3[nH]2)C1. The minimum absolute atomic E-state index is 0.0339. The molecule has 1 aliphatic heterocycles. The van der Waals surface area contributed by atoms with Crippen molar-refractivity contribution in [1.29, 1.82) is 0 Å². The standard InChI is InChI=1S/C16H22N4O/c1-11(2)15(21)17-12-6-5-9-20(10-12)16-18-13-7-3-4-8-14(13)19-16/h3-4,7-8,11-12H,5-6,9-10H2,1-2H3,(H,17,21)(H,18,19). The number of hydrogen-bond acceptors (Lipinski definition) is 3. The summed E-state index contributed by atoms with van der Waals surface area (Å²) >= 11 is 0. The Balaban J connectivity index is 1.72. The third kappa shape index (κ3) is 3.01. The number of imidazole rings is 1. The highest BCUT2D eigenvalue weighted by atomic mass is 16.1. The van der Waals surface area contributed by atoms with Crippen LogP contribution in [-0.4, -0.2) is 35.0 Å². The van der Waals surface area contributed by atoms with Gasteiger partial charge >= 0.3 is 0 Å². The number of amides is 1. The second-order valence-electron chi connectivity index (χ2n) is 6.03. The van der Waals surface area contributed by atoms with E-state index in [0.717, 1.165) is 42.9 Å². The Labute approximate surface area is 124 Å². The molecule has 3 rings (SSSR count). The predicted molar refractivity (Wildman–Crippen MR) is 84.3 cm³/mol. The summed E-state index contributed by atoms with van der Waals surface area (Å²) in [6.45, 7) is 5.65. The van der Waals surface area contributed by atoms with E-state index in [4.69, 9.17) is 0 Å². The molecule has 0 saturated carbocycles. The van der Waals surface area contributed by atoms with Gasteiger partial charge in [-0.25, -0.2) is 4.98 Å². The van der Waals surface area contributed by atoms with Crippen molar-refractivity contribution < 1.29 is 4.79 Å². The van der Waals surface area contributed by atoms with Gasteiger partial charge in [0.15, 0.2) is 0 Å². The number of piperidine rings is 1. The Morgan fingerprint density at radius 3 is 3.00 bits per heavy atom. The molecular formula is C16H22N4O. The van der Waals surface area contributed by atoms with Crippen LogP contribution in [0.25, 0.3) is 11.0 Å². The average molecular weight is 286 g/mol. The van der Waals surface area contributed by atoms with E-state index in [1.54, 1.807) is 0 Å². The lowest BCUT2D eigenvalue weighted by molar-refractivity contribution is -0.124. The largest absolute Gasteiger partial charge is 0.351 e. The molecule has 1 fully saturated rings. The lowest BCUT2D eigenvalue weighted by Gasteiger charge is -2.33. The summed E-state index contributed by atoms with van der Waals surface area (Å²) in [5.74, 6) is 1.07. The van der Waals surface area contributed by atoms with Crippen molar-refractivity contribution in [3.63, 3.8) is 0 Å². The number of fused-ring (bicyclic) bond motifs is 1. The summed E-state index contributed by atoms with van der Waals surface area (Å²) in [5.41, 5.74) is 2.04. The summed E-state index contributed by atoms with van der Waals surface area (Å²) in [6, 6.07) is 8.26. The maximum Gasteiger partial charge on any atom is 0.222 e. The molecule has 5 nitrogen and oxygen atoms in total. The number of aromatic nitrogens is 2. The van der Waals surface area contributed by atoms with Gasteiger partial charge in [0.25, 0.3) is 0 Å². The quantitative estimate of drug-likeness (QED) is 0.910. The number of aromatic amines is 1. The molecule has 1 amide bonds. The predicted octanol–water partition coefficient (Wildman–Crippen LogP) is 2.30. The van der Waals surface area contributed by atoms with Gasteiger partial charge in [0.1, 0.15) is 0 Å². The number of nitrogens with zero attached hydrogens (tertiary/aromatic N) is 2. The zero-order valence-corrected chi connectivity index (χ0v) is 12.6. The van der Waals surface area contributed by atoms with Crippen LogP contribution in [0.2, 0.25) is 0 Å². The first kappa shape index (κ1) is 13.9. The van der Waals surface area contributed by atoms with Crippen molar-refractivity contribution in [1.82, 2.24) is 15.3 Å². The van der Waals surface area contributed by atoms with Gasteiger partial charge in [-0.2, -0.15) is 0 Å². The molecule has 0 aliphatic carbocycles. The molecule has 0 radical (unpaired) electrons. The molecular weight excluding hydrogens is 264 g/mol. The second kappa shape index (κ2) is 5.76. The normalized spacial score (nSPS) is 19.2. The zero-order chi connectivity index (χ0) is 14.8. The fourth-order valence-electron chi connectivity index (χ4n) is 2.74. The molecule has 112 valence electrons. The molecule has 21 heavy (non-hydrogen) atoms. The van der Waals surface area contributed by atoms with Gasteiger partial charge in [0, 0.05) is 25.0 Å². The Hall–Kier alpha value is -2.04. The van der Waals surface area contributed by atoms with Crippen LogP contribution in [0.1, 0.15) is 26.7 Å². The minimum Gasteiger partial charge on any atom is -0.351 e. The highest BCUT2D eigenvalue weighted by Gasteiger charge is 2.24. The number of hydrogen-bond donors (Lipinski definition) is 2. The van der Waals surface area contributed by atoms with Crippen LogP contribution in [0.4, 0.5) is 5.95 Å². The van der Waals surface area contributed by atoms with Crippen LogP contribution in [-0.2, 0) is 4.79 Å². The molecule has 1 aromatic carbocycles. The maximum atomic E-state index is 11.8. The van der Waals surface area contributed by atoms with Crippen molar-refractivity contribution in [2.24, 2.45) is 5.92 Å². The van der Waals surface area contributed by atoms with E-state index in [9.17, 15) is 4.79 Å². The molecule has 2 heterocycles. The summed E-state index contributed by atoms with van der Waals surface area (Å²) in [4.78, 5) is 22.1. The molecule has 0 bridgehead atoms. The number of benzene rings is 1. The van der Waals surface area contributed by atoms with Crippen molar-refractivity contribution in [3.05, 3.63) is 24.3 Å². The van der Waals surface area contributed by atoms with Gasteiger partial charge in [0.2, 0.25) is 11.9 Å². The number of H-pyrrole nitrogens is 1. The van der Waals surface area contributed by atoms with E-state index in [0.29, 0.717) is 0 Å². The third-order valence-corrected chi connectivity index (χ3v) is 3.97. The first-order valence-corrected chi connectivity index (χ1v) is 7.63. The first-order chi connectivity index (χ1) is 10.1. The number of anilines is 1. The van der Waals surface area contributed by atoms with E-state index >= 15 is 0 Å². The highest BCUT2D eigenvalue weighted by molar-refractivity contribution is 5.78. The molecule has 2 N–H and O–H groups in total. The fraction of sp³-hybridized carbons (Fsp3) is 0.500. The van der Waals surface area contributed by atoms with Crippen LogP contribution < -0.4 is 10.2 Å². The number of nitrogens with one attached hydrogen (secondary N) is 2. The van der Waals surface area contributed by atoms with Crippen molar-refractivity contribution in [2.75, 3.05) is 18.0 Å². The van der Waals surface area contributed by atoms with E-state index in [1.165, 1.54) is 0 Å². The van der Waals surface area contributed by atoms with Gasteiger partial charge in [0.05, 0.1) is 11.0 Å². The van der Waals surface area contributed by atoms with Crippen LogP contribution in [0.5, 0.6) is 0 Å². The highest BCUT2D eigenvalue weighted by Crippen LogP contribution is 2.20. The van der Waals surface area contributed by atoms with E-state index in [2.05, 4.69) is 20.2 Å². The lowest BCUT2D eigenvalue weighted by atomic mass is 10.0. The monoisotopic (exact) mass is 286 g/mol. The van der Waals surface area contributed by atoms with Gasteiger partial charge in [-0.3, -0.25) is 4.79 Å². The molecule has 1 unspecified atom stereocenters. The van der Waals surface area contributed by atoms with Gasteiger partial charge < -0.3 is 15.2 Å². The Bertz CT molecular complexity index is 601. The molecule has 1 aromatic heterocycles. The molecule has 1 atom stereocenters. The summed E-state index contributed by atoms with van der Waals surface area (Å²) in [6.07, 6.45) is 2.11. The molecule has 2 aromatic rings. The van der Waals surface area contributed by atoms with Crippen LogP contribution in [0, 0.1) is 5.92 Å². The van der Waals surface area contributed by atoms with Gasteiger partial charge in [-0.15, -0.1) is 0 Å². The molecule has 1 saturated heterocycles. The van der Waals surface area contributed by atoms with Crippen LogP contribution >= 0.6 is 0 Å². The summed E-state index contributed by atoms with van der Waals surface area (Å²) < 4.78 is 0. The van der Waals surface area contributed by atoms with E-state index in [1.807, 2.05) is 38.1 Å². The Morgan fingerprint density at radius 2 is 2.24 bits per heavy atom. The van der Waals surface area contributed by atoms with Gasteiger partial charge in [-0.05, 0) is 25.0 Å². The lowest BCUT2D eigenvalue weighted by Crippen LogP contribution is -2.49. The van der Waals surface area contributed by atoms with Crippen LogP contribution in [0.15, 0.2) is 24.3 Å². The number of carbonyl (C=O) groups is 1. The Morgan fingerprint density at radius 1 is 1.43 bits per heavy atom. The van der Waals surface area contributed by atoms with Crippen molar-refractivity contribution in [2.45, 2.75) is 32.7 Å². The summed E-state index contributed by atoms with van der Waals surface area (Å²) in [5, 5.41) is 3.13. The number of rotatable bonds is 3. The molecule has 1 aliphatic rings. The second-order valence-corrected chi connectivity index (χ2v) is 6.03. The zero-order valence-electron chi connectivity index (χ0n) is 12.6.